The van der Waals surface area contributed by atoms with Crippen LogP contribution < -0.4 is 4.74 Å². The summed E-state index contributed by atoms with van der Waals surface area (Å²) < 4.78 is 73.2. The summed E-state index contributed by atoms with van der Waals surface area (Å²) in [6.45, 7) is 1.14. The smallest absolute Gasteiger partial charge is 0.417 e. The van der Waals surface area contributed by atoms with Gasteiger partial charge in [0, 0.05) is 11.8 Å². The molecule has 0 fully saturated rings. The Morgan fingerprint density at radius 1 is 1.40 bits per heavy atom. The highest BCUT2D eigenvalue weighted by Crippen LogP contribution is 2.41. The number of methoxy groups -OCH3 is 1. The molecule has 0 saturated heterocycles. The lowest BCUT2D eigenvalue weighted by Crippen LogP contribution is -2.20. The van der Waals surface area contributed by atoms with Crippen molar-refractivity contribution in [2.75, 3.05) is 13.7 Å². The first-order valence-corrected chi connectivity index (χ1v) is 5.33. The van der Waals surface area contributed by atoms with Crippen LogP contribution in [-0.2, 0) is 10.9 Å². The molecule has 1 aromatic heterocycles. The van der Waals surface area contributed by atoms with Gasteiger partial charge in [0.25, 0.3) is 6.43 Å². The normalized spacial score (nSPS) is 11.6. The van der Waals surface area contributed by atoms with Gasteiger partial charge in [0.15, 0.2) is 0 Å². The van der Waals surface area contributed by atoms with Gasteiger partial charge in [-0.05, 0) is 6.92 Å². The topological polar surface area (TPSA) is 48.4 Å². The van der Waals surface area contributed by atoms with E-state index in [0.717, 1.165) is 7.11 Å². The van der Waals surface area contributed by atoms with Crippen LogP contribution in [0.3, 0.4) is 0 Å². The summed E-state index contributed by atoms with van der Waals surface area (Å²) in [7, 11) is 0.966. The average Bonchev–Trinajstić information content (AvgIpc) is 2.35. The minimum atomic E-state index is -5.18. The monoisotopic (exact) mass is 299 g/mol. The van der Waals surface area contributed by atoms with E-state index in [0.29, 0.717) is 6.20 Å². The minimum Gasteiger partial charge on any atom is -0.480 e. The van der Waals surface area contributed by atoms with Crippen LogP contribution in [-0.4, -0.2) is 24.7 Å². The molecule has 0 aliphatic rings. The van der Waals surface area contributed by atoms with E-state index in [1.165, 1.54) is 6.92 Å². The highest BCUT2D eigenvalue weighted by atomic mass is 19.4. The van der Waals surface area contributed by atoms with Crippen molar-refractivity contribution >= 4 is 5.97 Å². The lowest BCUT2D eigenvalue weighted by atomic mass is 10.0. The van der Waals surface area contributed by atoms with E-state index < -0.39 is 41.1 Å². The first-order chi connectivity index (χ1) is 9.23. The number of rotatable bonds is 4. The SMILES string of the molecule is CCOC(=O)c1c(OC)ncc(C(F)F)c1C(F)(F)F. The van der Waals surface area contributed by atoms with Gasteiger partial charge in [-0.25, -0.2) is 18.6 Å². The van der Waals surface area contributed by atoms with Crippen molar-refractivity contribution < 1.29 is 36.2 Å². The fourth-order valence-corrected chi connectivity index (χ4v) is 1.53. The molecule has 9 heteroatoms. The predicted octanol–water partition coefficient (Wildman–Crippen LogP) is 3.22. The van der Waals surface area contributed by atoms with Crippen molar-refractivity contribution in [2.24, 2.45) is 0 Å². The number of pyridine rings is 1. The number of carbonyl (C=O) groups is 1. The van der Waals surface area contributed by atoms with Gasteiger partial charge in [0.2, 0.25) is 5.88 Å². The summed E-state index contributed by atoms with van der Waals surface area (Å²) in [6.07, 6.45) is -8.29. The van der Waals surface area contributed by atoms with Crippen LogP contribution >= 0.6 is 0 Å². The van der Waals surface area contributed by atoms with Crippen LogP contribution in [0.15, 0.2) is 6.20 Å². The van der Waals surface area contributed by atoms with Crippen molar-refractivity contribution in [3.05, 3.63) is 22.9 Å². The number of alkyl halides is 5. The molecule has 1 heterocycles. The zero-order chi connectivity index (χ0) is 15.5. The molecule has 112 valence electrons. The maximum Gasteiger partial charge on any atom is 0.417 e. The van der Waals surface area contributed by atoms with E-state index in [-0.39, 0.29) is 6.61 Å². The van der Waals surface area contributed by atoms with Crippen LogP contribution in [0.4, 0.5) is 22.0 Å². The lowest BCUT2D eigenvalue weighted by Gasteiger charge is -2.17. The van der Waals surface area contributed by atoms with Gasteiger partial charge in [0.1, 0.15) is 5.56 Å². The third kappa shape index (κ3) is 3.14. The molecule has 0 atom stereocenters. The summed E-state index contributed by atoms with van der Waals surface area (Å²) in [5.41, 5.74) is -4.35. The molecule has 4 nitrogen and oxygen atoms in total. The van der Waals surface area contributed by atoms with Crippen molar-refractivity contribution in [3.8, 4) is 5.88 Å². The van der Waals surface area contributed by atoms with Crippen LogP contribution in [0.25, 0.3) is 0 Å². The number of esters is 1. The van der Waals surface area contributed by atoms with Crippen molar-refractivity contribution in [1.82, 2.24) is 4.98 Å². The molecule has 0 amide bonds. The quantitative estimate of drug-likeness (QED) is 0.632. The Hall–Kier alpha value is -1.93. The van der Waals surface area contributed by atoms with Gasteiger partial charge in [-0.15, -0.1) is 0 Å². The number of carbonyl (C=O) groups excluding carboxylic acids is 1. The minimum absolute atomic E-state index is 0.224. The standard InChI is InChI=1S/C11H10F5NO3/c1-3-20-10(18)6-7(11(14,15)16)5(8(12)13)4-17-9(6)19-2/h4,8H,3H2,1-2H3. The van der Waals surface area contributed by atoms with E-state index in [1.54, 1.807) is 0 Å². The molecule has 1 aromatic rings. The van der Waals surface area contributed by atoms with E-state index in [4.69, 9.17) is 0 Å². The van der Waals surface area contributed by atoms with Gasteiger partial charge in [-0.2, -0.15) is 13.2 Å². The lowest BCUT2D eigenvalue weighted by molar-refractivity contribution is -0.140. The van der Waals surface area contributed by atoms with E-state index in [1.807, 2.05) is 0 Å². The first kappa shape index (κ1) is 16.1. The van der Waals surface area contributed by atoms with E-state index >= 15 is 0 Å². The van der Waals surface area contributed by atoms with Crippen molar-refractivity contribution in [3.63, 3.8) is 0 Å². The molecule has 0 N–H and O–H groups in total. The number of halogens is 5. The maximum absolute atomic E-state index is 13.0. The van der Waals surface area contributed by atoms with Gasteiger partial charge < -0.3 is 9.47 Å². The highest BCUT2D eigenvalue weighted by molar-refractivity contribution is 5.94. The van der Waals surface area contributed by atoms with Crippen LogP contribution in [0, 0.1) is 0 Å². The van der Waals surface area contributed by atoms with Crippen molar-refractivity contribution in [1.29, 1.82) is 0 Å². The summed E-state index contributed by atoms with van der Waals surface area (Å²) in [5.74, 6) is -2.15. The summed E-state index contributed by atoms with van der Waals surface area (Å²) in [4.78, 5) is 14.9. The summed E-state index contributed by atoms with van der Waals surface area (Å²) >= 11 is 0. The summed E-state index contributed by atoms with van der Waals surface area (Å²) in [5, 5.41) is 0. The predicted molar refractivity (Wildman–Crippen MR) is 56.7 cm³/mol. The average molecular weight is 299 g/mol. The van der Waals surface area contributed by atoms with Crippen LogP contribution in [0.2, 0.25) is 0 Å². The molecular weight excluding hydrogens is 289 g/mol. The molecule has 1 rings (SSSR count). The van der Waals surface area contributed by atoms with Gasteiger partial charge in [-0.1, -0.05) is 0 Å². The molecule has 0 aromatic carbocycles. The van der Waals surface area contributed by atoms with Gasteiger partial charge in [0.05, 0.1) is 19.3 Å². The largest absolute Gasteiger partial charge is 0.480 e. The second-order valence-corrected chi connectivity index (χ2v) is 3.49. The molecule has 0 aliphatic carbocycles. The zero-order valence-electron chi connectivity index (χ0n) is 10.4. The molecule has 0 unspecified atom stereocenters. The Morgan fingerprint density at radius 2 is 2.00 bits per heavy atom. The third-order valence-electron chi connectivity index (χ3n) is 2.26. The van der Waals surface area contributed by atoms with Crippen molar-refractivity contribution in [2.45, 2.75) is 19.5 Å². The second-order valence-electron chi connectivity index (χ2n) is 3.49. The Balaban J connectivity index is 3.65. The number of hydrogen-bond donors (Lipinski definition) is 0. The maximum atomic E-state index is 13.0. The third-order valence-corrected chi connectivity index (χ3v) is 2.26. The Morgan fingerprint density at radius 3 is 2.40 bits per heavy atom. The highest BCUT2D eigenvalue weighted by Gasteiger charge is 2.42. The second kappa shape index (κ2) is 6.02. The number of hydrogen-bond acceptors (Lipinski definition) is 4. The molecule has 0 aliphatic heterocycles. The molecule has 0 bridgehead atoms. The van der Waals surface area contributed by atoms with Crippen LogP contribution in [0.1, 0.15) is 34.8 Å². The van der Waals surface area contributed by atoms with Gasteiger partial charge >= 0.3 is 12.1 Å². The van der Waals surface area contributed by atoms with E-state index in [9.17, 15) is 26.7 Å². The fourth-order valence-electron chi connectivity index (χ4n) is 1.53. The number of ether oxygens (including phenoxy) is 2. The summed E-state index contributed by atoms with van der Waals surface area (Å²) in [6, 6.07) is 0. The Kier molecular flexibility index (Phi) is 4.85. The molecule has 0 saturated carbocycles. The number of aromatic nitrogens is 1. The first-order valence-electron chi connectivity index (χ1n) is 5.33. The van der Waals surface area contributed by atoms with Gasteiger partial charge in [-0.3, -0.25) is 0 Å². The molecular formula is C11H10F5NO3. The molecule has 0 radical (unpaired) electrons. The van der Waals surface area contributed by atoms with Crippen LogP contribution in [0.5, 0.6) is 5.88 Å². The molecule has 0 spiro atoms. The Bertz CT molecular complexity index is 502. The zero-order valence-corrected chi connectivity index (χ0v) is 10.4. The fraction of sp³-hybridized carbons (Fsp3) is 0.455. The molecule has 20 heavy (non-hydrogen) atoms. The number of nitrogens with zero attached hydrogens (tertiary/aromatic N) is 1. The Labute approximate surface area is 110 Å². The van der Waals surface area contributed by atoms with E-state index in [2.05, 4.69) is 14.5 Å².